The van der Waals surface area contributed by atoms with Gasteiger partial charge in [0.05, 0.1) is 0 Å². The monoisotopic (exact) mass is 314 g/mol. The maximum Gasteiger partial charge on any atom is 0.329 e. The van der Waals surface area contributed by atoms with Crippen LogP contribution in [0.3, 0.4) is 0 Å². The number of rotatable bonds is 1. The summed E-state index contributed by atoms with van der Waals surface area (Å²) in [5, 5.41) is 1.30. The first-order chi connectivity index (χ1) is 5.09. The lowest BCUT2D eigenvalue weighted by atomic mass is 9.96. The third-order valence-electron chi connectivity index (χ3n) is 1.14. The topological polar surface area (TPSA) is 0 Å². The summed E-state index contributed by atoms with van der Waals surface area (Å²) in [6.07, 6.45) is 0. The Labute approximate surface area is 92.3 Å². The zero-order valence-electron chi connectivity index (χ0n) is 5.32. The van der Waals surface area contributed by atoms with Crippen molar-refractivity contribution in [2.24, 2.45) is 0 Å². The summed E-state index contributed by atoms with van der Waals surface area (Å²) in [6.45, 7) is 0. The molecule has 0 fully saturated rings. The first-order valence-corrected chi connectivity index (χ1v) is 5.42. The normalized spacial score (nSPS) is 9.82. The molecule has 0 heterocycles. The maximum atomic E-state index is 5.77. The van der Waals surface area contributed by atoms with Gasteiger partial charge in [0.15, 0.2) is 0 Å². The number of halogens is 4. The Morgan fingerprint density at radius 2 is 1.45 bits per heavy atom. The van der Waals surface area contributed by atoms with Crippen LogP contribution in [0.4, 0.5) is 0 Å². The van der Waals surface area contributed by atoms with Gasteiger partial charge in [0.1, 0.15) is 0 Å². The zero-order valence-corrected chi connectivity index (χ0v) is 10.0. The summed E-state index contributed by atoms with van der Waals surface area (Å²) in [5.41, 5.74) is 1.02. The van der Waals surface area contributed by atoms with Crippen molar-refractivity contribution in [3.05, 3.63) is 28.2 Å². The van der Waals surface area contributed by atoms with Crippen molar-refractivity contribution in [2.75, 3.05) is 0 Å². The lowest BCUT2D eigenvalue weighted by Crippen LogP contribution is -2.16. The molecule has 0 aromatic heterocycles. The van der Waals surface area contributed by atoms with Gasteiger partial charge >= 0.3 is 4.36 Å². The van der Waals surface area contributed by atoms with Gasteiger partial charge in [0.25, 0.3) is 0 Å². The van der Waals surface area contributed by atoms with Crippen LogP contribution in [0, 0.1) is 0 Å². The second kappa shape index (κ2) is 4.17. The SMILES string of the molecule is Clc1cc(Cl)cc(B(Br)Br)c1. The van der Waals surface area contributed by atoms with Gasteiger partial charge in [-0.2, -0.15) is 0 Å². The molecule has 0 amide bonds. The molecule has 0 saturated heterocycles. The van der Waals surface area contributed by atoms with E-state index in [1.807, 2.05) is 12.1 Å². The molecule has 0 aliphatic carbocycles. The Kier molecular flexibility index (Phi) is 3.76. The molecule has 0 spiro atoms. The van der Waals surface area contributed by atoms with Crippen molar-refractivity contribution in [1.29, 1.82) is 0 Å². The summed E-state index contributed by atoms with van der Waals surface area (Å²) < 4.78 is 0.103. The average molecular weight is 317 g/mol. The fourth-order valence-electron chi connectivity index (χ4n) is 0.701. The Balaban J connectivity index is 3.08. The zero-order chi connectivity index (χ0) is 8.43. The third-order valence-corrected chi connectivity index (χ3v) is 2.63. The van der Waals surface area contributed by atoms with E-state index in [0.717, 1.165) is 5.46 Å². The molecule has 0 aliphatic rings. The molecule has 5 heteroatoms. The van der Waals surface area contributed by atoms with E-state index < -0.39 is 0 Å². The summed E-state index contributed by atoms with van der Waals surface area (Å²) in [6, 6.07) is 5.40. The van der Waals surface area contributed by atoms with Gasteiger partial charge in [0.2, 0.25) is 0 Å². The van der Waals surface area contributed by atoms with Crippen LogP contribution < -0.4 is 5.46 Å². The number of benzene rings is 1. The van der Waals surface area contributed by atoms with Crippen molar-refractivity contribution in [1.82, 2.24) is 0 Å². The molecule has 0 N–H and O–H groups in total. The first-order valence-electron chi connectivity index (χ1n) is 2.84. The van der Waals surface area contributed by atoms with Crippen LogP contribution in [0.2, 0.25) is 10.0 Å². The molecular formula is C6H3BBr2Cl2. The van der Waals surface area contributed by atoms with Gasteiger partial charge in [-0.3, -0.25) is 0 Å². The molecule has 0 bridgehead atoms. The van der Waals surface area contributed by atoms with Crippen LogP contribution in [-0.4, -0.2) is 4.36 Å². The van der Waals surface area contributed by atoms with Gasteiger partial charge < -0.3 is 0 Å². The number of hydrogen-bond acceptors (Lipinski definition) is 0. The Morgan fingerprint density at radius 3 is 1.82 bits per heavy atom. The standard InChI is InChI=1S/C6H3BBr2Cl2/c8-7(9)4-1-5(10)3-6(11)2-4/h1-3H. The highest BCUT2D eigenvalue weighted by Crippen LogP contribution is 2.16. The molecule has 11 heavy (non-hydrogen) atoms. The Hall–Kier alpha value is 0.825. The predicted octanol–water partition coefficient (Wildman–Crippen LogP) is 3.48. The van der Waals surface area contributed by atoms with E-state index >= 15 is 0 Å². The van der Waals surface area contributed by atoms with E-state index in [2.05, 4.69) is 31.5 Å². The van der Waals surface area contributed by atoms with Gasteiger partial charge in [0, 0.05) is 10.0 Å². The molecule has 0 nitrogen and oxygen atoms in total. The van der Waals surface area contributed by atoms with Gasteiger partial charge in [-0.15, -0.1) is 31.5 Å². The van der Waals surface area contributed by atoms with Crippen molar-refractivity contribution in [3.63, 3.8) is 0 Å². The number of hydrogen-bond donors (Lipinski definition) is 0. The molecule has 1 aromatic rings. The second-order valence-corrected chi connectivity index (χ2v) is 5.94. The summed E-state index contributed by atoms with van der Waals surface area (Å²) in [4.78, 5) is 0. The van der Waals surface area contributed by atoms with Gasteiger partial charge in [-0.05, 0) is 18.2 Å². The van der Waals surface area contributed by atoms with Crippen LogP contribution in [0.5, 0.6) is 0 Å². The van der Waals surface area contributed by atoms with E-state index in [4.69, 9.17) is 23.2 Å². The van der Waals surface area contributed by atoms with Gasteiger partial charge in [-0.1, -0.05) is 28.7 Å². The van der Waals surface area contributed by atoms with E-state index in [1.54, 1.807) is 6.07 Å². The van der Waals surface area contributed by atoms with Crippen LogP contribution in [0.1, 0.15) is 0 Å². The smallest absolute Gasteiger partial charge is 0.132 e. The van der Waals surface area contributed by atoms with E-state index in [1.165, 1.54) is 0 Å². The summed E-state index contributed by atoms with van der Waals surface area (Å²) >= 11 is 18.2. The Bertz CT molecular complexity index is 245. The lowest BCUT2D eigenvalue weighted by Gasteiger charge is -2.00. The van der Waals surface area contributed by atoms with Crippen LogP contribution in [0.25, 0.3) is 0 Å². The van der Waals surface area contributed by atoms with E-state index in [0.29, 0.717) is 10.0 Å². The highest BCUT2D eigenvalue weighted by Gasteiger charge is 2.08. The molecule has 0 aliphatic heterocycles. The minimum atomic E-state index is 0.103. The van der Waals surface area contributed by atoms with Crippen molar-refractivity contribution < 1.29 is 0 Å². The molecule has 1 rings (SSSR count). The lowest BCUT2D eigenvalue weighted by molar-refractivity contribution is 1.76. The maximum absolute atomic E-state index is 5.77. The summed E-state index contributed by atoms with van der Waals surface area (Å²) in [7, 11) is 0. The predicted molar refractivity (Wildman–Crippen MR) is 59.7 cm³/mol. The van der Waals surface area contributed by atoms with Crippen molar-refractivity contribution in [2.45, 2.75) is 0 Å². The van der Waals surface area contributed by atoms with Gasteiger partial charge in [-0.25, -0.2) is 0 Å². The van der Waals surface area contributed by atoms with E-state index in [-0.39, 0.29) is 4.36 Å². The van der Waals surface area contributed by atoms with Crippen LogP contribution >= 0.6 is 54.7 Å². The average Bonchev–Trinajstić information content (AvgIpc) is 1.85. The molecule has 0 radical (unpaired) electrons. The van der Waals surface area contributed by atoms with Crippen LogP contribution in [-0.2, 0) is 0 Å². The molecule has 1 aromatic carbocycles. The first kappa shape index (κ1) is 9.91. The quantitative estimate of drug-likeness (QED) is 0.696. The fraction of sp³-hybridized carbons (Fsp3) is 0. The minimum Gasteiger partial charge on any atom is -0.132 e. The highest BCUT2D eigenvalue weighted by atomic mass is 79.9. The van der Waals surface area contributed by atoms with Crippen LogP contribution in [0.15, 0.2) is 18.2 Å². The summed E-state index contributed by atoms with van der Waals surface area (Å²) in [5.74, 6) is 0. The highest BCUT2D eigenvalue weighted by molar-refractivity contribution is 9.49. The molecule has 0 unspecified atom stereocenters. The largest absolute Gasteiger partial charge is 0.329 e. The third kappa shape index (κ3) is 2.98. The van der Waals surface area contributed by atoms with E-state index in [9.17, 15) is 0 Å². The van der Waals surface area contributed by atoms with Crippen molar-refractivity contribution in [3.8, 4) is 0 Å². The minimum absolute atomic E-state index is 0.103. The molecule has 0 atom stereocenters. The fourth-order valence-corrected chi connectivity index (χ4v) is 1.77. The molecule has 58 valence electrons. The molecule has 0 saturated carbocycles. The second-order valence-electron chi connectivity index (χ2n) is 2.00. The Morgan fingerprint density at radius 1 is 1.00 bits per heavy atom. The van der Waals surface area contributed by atoms with Crippen molar-refractivity contribution >= 4 is 64.5 Å². The molecular weight excluding hydrogens is 314 g/mol.